The van der Waals surface area contributed by atoms with Crippen molar-refractivity contribution in [3.05, 3.63) is 42.1 Å². The first kappa shape index (κ1) is 17.7. The Morgan fingerprint density at radius 1 is 1.28 bits per heavy atom. The average molecular weight is 382 g/mol. The molecule has 0 aliphatic carbocycles. The number of carboxylic acid groups (broad SMARTS) is 1. The Hall–Kier alpha value is -2.16. The molecule has 2 aliphatic rings. The molecular formula is C16H16ClN3O4S. The van der Waals surface area contributed by atoms with Crippen LogP contribution in [-0.2, 0) is 10.0 Å². The molecule has 7 nitrogen and oxygen atoms in total. The molecule has 25 heavy (non-hydrogen) atoms. The molecule has 0 amide bonds. The van der Waals surface area contributed by atoms with Crippen LogP contribution >= 0.6 is 12.4 Å². The van der Waals surface area contributed by atoms with Gasteiger partial charge in [0.1, 0.15) is 4.90 Å². The lowest BCUT2D eigenvalue weighted by atomic mass is 10.1. The van der Waals surface area contributed by atoms with Crippen LogP contribution in [0.2, 0.25) is 0 Å². The maximum atomic E-state index is 12.5. The number of pyridine rings is 1. The van der Waals surface area contributed by atoms with Gasteiger partial charge in [-0.05, 0) is 37.1 Å². The van der Waals surface area contributed by atoms with Crippen molar-refractivity contribution in [3.63, 3.8) is 0 Å². The van der Waals surface area contributed by atoms with E-state index in [4.69, 9.17) is 5.11 Å². The number of benzene rings is 1. The molecule has 132 valence electrons. The molecule has 2 N–H and O–H groups in total. The lowest BCUT2D eigenvalue weighted by Gasteiger charge is -2.34. The second-order valence-electron chi connectivity index (χ2n) is 5.89. The van der Waals surface area contributed by atoms with Crippen LogP contribution in [0.1, 0.15) is 23.2 Å². The third kappa shape index (κ3) is 2.97. The highest BCUT2D eigenvalue weighted by Gasteiger charge is 2.37. The minimum absolute atomic E-state index is 0. The van der Waals surface area contributed by atoms with Crippen LogP contribution in [0.15, 0.2) is 41.4 Å². The fourth-order valence-electron chi connectivity index (χ4n) is 3.27. The number of hydrogen-bond donors (Lipinski definition) is 2. The number of aromatic carboxylic acids is 1. The third-order valence-corrected chi connectivity index (χ3v) is 5.89. The van der Waals surface area contributed by atoms with Crippen molar-refractivity contribution < 1.29 is 18.3 Å². The fourth-order valence-corrected chi connectivity index (χ4v) is 4.74. The second kappa shape index (κ2) is 6.29. The lowest BCUT2D eigenvalue weighted by molar-refractivity contribution is 0.0697. The molecule has 2 aliphatic heterocycles. The minimum atomic E-state index is -3.59. The SMILES string of the molecule is Cl.O=C(O)c1ccnc(-c2ccc3c(c2)S(=O)(=O)NC2CCCN32)c1. The molecule has 0 radical (unpaired) electrons. The van der Waals surface area contributed by atoms with Crippen molar-refractivity contribution in [2.75, 3.05) is 11.4 Å². The number of anilines is 1. The summed E-state index contributed by atoms with van der Waals surface area (Å²) in [6.07, 6.45) is 2.96. The molecule has 1 saturated heterocycles. The topological polar surface area (TPSA) is 99.6 Å². The van der Waals surface area contributed by atoms with Crippen molar-refractivity contribution in [2.24, 2.45) is 0 Å². The molecule has 1 atom stereocenters. The van der Waals surface area contributed by atoms with E-state index in [2.05, 4.69) is 14.6 Å². The van der Waals surface area contributed by atoms with Crippen molar-refractivity contribution in [2.45, 2.75) is 23.9 Å². The Kier molecular flexibility index (Phi) is 4.44. The third-order valence-electron chi connectivity index (χ3n) is 4.41. The number of rotatable bonds is 2. The molecule has 1 aromatic heterocycles. The Labute approximate surface area is 151 Å². The summed E-state index contributed by atoms with van der Waals surface area (Å²) in [5, 5.41) is 9.09. The monoisotopic (exact) mass is 381 g/mol. The maximum absolute atomic E-state index is 12.5. The fraction of sp³-hybridized carbons (Fsp3) is 0.250. The molecule has 0 bridgehead atoms. The van der Waals surface area contributed by atoms with Crippen LogP contribution in [0.25, 0.3) is 11.3 Å². The predicted octanol–water partition coefficient (Wildman–Crippen LogP) is 2.09. The normalized spacial score (nSPS) is 20.3. The van der Waals surface area contributed by atoms with Gasteiger partial charge in [-0.25, -0.2) is 13.2 Å². The summed E-state index contributed by atoms with van der Waals surface area (Å²) in [5.74, 6) is -1.05. The lowest BCUT2D eigenvalue weighted by Crippen LogP contribution is -2.48. The van der Waals surface area contributed by atoms with E-state index in [9.17, 15) is 13.2 Å². The van der Waals surface area contributed by atoms with Gasteiger partial charge in [0.05, 0.1) is 23.1 Å². The molecule has 2 aromatic rings. The Morgan fingerprint density at radius 2 is 2.08 bits per heavy atom. The number of nitrogens with one attached hydrogen (secondary N) is 1. The second-order valence-corrected chi connectivity index (χ2v) is 7.57. The average Bonchev–Trinajstić information content (AvgIpc) is 3.02. The van der Waals surface area contributed by atoms with E-state index >= 15 is 0 Å². The Bertz CT molecular complexity index is 948. The molecule has 0 spiro atoms. The van der Waals surface area contributed by atoms with Gasteiger partial charge in [0.2, 0.25) is 10.0 Å². The molecule has 0 saturated carbocycles. The van der Waals surface area contributed by atoms with E-state index in [1.165, 1.54) is 18.3 Å². The summed E-state index contributed by atoms with van der Waals surface area (Å²) >= 11 is 0. The van der Waals surface area contributed by atoms with Crippen molar-refractivity contribution in [1.82, 2.24) is 9.71 Å². The first-order chi connectivity index (χ1) is 11.5. The number of nitrogens with zero attached hydrogens (tertiary/aromatic N) is 2. The van der Waals surface area contributed by atoms with E-state index in [0.717, 1.165) is 19.4 Å². The number of fused-ring (bicyclic) bond motifs is 3. The smallest absolute Gasteiger partial charge is 0.335 e. The highest BCUT2D eigenvalue weighted by Crippen LogP contribution is 2.37. The number of aromatic nitrogens is 1. The highest BCUT2D eigenvalue weighted by atomic mass is 35.5. The predicted molar refractivity (Wildman–Crippen MR) is 94.6 cm³/mol. The minimum Gasteiger partial charge on any atom is -0.478 e. The standard InChI is InChI=1S/C16H15N3O4S.ClH/c20-16(21)11-5-6-17-12(8-11)10-3-4-13-14(9-10)24(22,23)18-15-2-1-7-19(13)15;/h3-6,8-9,15,18H,1-2,7H2,(H,20,21);1H. The summed E-state index contributed by atoms with van der Waals surface area (Å²) in [5.41, 5.74) is 1.80. The van der Waals surface area contributed by atoms with Gasteiger partial charge in [0.25, 0.3) is 0 Å². The molecule has 9 heteroatoms. The van der Waals surface area contributed by atoms with E-state index in [0.29, 0.717) is 16.9 Å². The van der Waals surface area contributed by atoms with Crippen LogP contribution < -0.4 is 9.62 Å². The van der Waals surface area contributed by atoms with Crippen molar-refractivity contribution in [3.8, 4) is 11.3 Å². The van der Waals surface area contributed by atoms with Crippen LogP contribution in [0, 0.1) is 0 Å². The summed E-state index contributed by atoms with van der Waals surface area (Å²) in [6.45, 7) is 0.812. The Balaban J connectivity index is 0.00000182. The van der Waals surface area contributed by atoms with E-state index in [1.807, 2.05) is 0 Å². The van der Waals surface area contributed by atoms with Gasteiger partial charge >= 0.3 is 5.97 Å². The first-order valence-electron chi connectivity index (χ1n) is 7.58. The highest BCUT2D eigenvalue weighted by molar-refractivity contribution is 7.89. The van der Waals surface area contributed by atoms with Crippen molar-refractivity contribution >= 4 is 34.1 Å². The number of hydrogen-bond acceptors (Lipinski definition) is 5. The van der Waals surface area contributed by atoms with Gasteiger partial charge in [-0.3, -0.25) is 4.98 Å². The van der Waals surface area contributed by atoms with E-state index < -0.39 is 16.0 Å². The summed E-state index contributed by atoms with van der Waals surface area (Å²) in [6, 6.07) is 7.95. The first-order valence-corrected chi connectivity index (χ1v) is 9.07. The number of carbonyl (C=O) groups is 1. The van der Waals surface area contributed by atoms with E-state index in [1.54, 1.807) is 18.2 Å². The van der Waals surface area contributed by atoms with Gasteiger partial charge in [-0.1, -0.05) is 6.07 Å². The number of carboxylic acids is 1. The van der Waals surface area contributed by atoms with Crippen molar-refractivity contribution in [1.29, 1.82) is 0 Å². The summed E-state index contributed by atoms with van der Waals surface area (Å²) in [4.78, 5) is 17.5. The number of sulfonamides is 1. The molecule has 1 aromatic carbocycles. The van der Waals surface area contributed by atoms with Crippen LogP contribution in [0.5, 0.6) is 0 Å². The molecule has 1 unspecified atom stereocenters. The molecular weight excluding hydrogens is 366 g/mol. The Morgan fingerprint density at radius 3 is 2.84 bits per heavy atom. The summed E-state index contributed by atoms with van der Waals surface area (Å²) in [7, 11) is -3.59. The van der Waals surface area contributed by atoms with Gasteiger partial charge < -0.3 is 10.0 Å². The van der Waals surface area contributed by atoms with Crippen LogP contribution in [-0.4, -0.2) is 37.2 Å². The van der Waals surface area contributed by atoms with Gasteiger partial charge in [0.15, 0.2) is 0 Å². The molecule has 3 heterocycles. The van der Waals surface area contributed by atoms with Gasteiger partial charge in [-0.2, -0.15) is 4.72 Å². The zero-order valence-corrected chi connectivity index (χ0v) is 14.7. The quantitative estimate of drug-likeness (QED) is 0.826. The van der Waals surface area contributed by atoms with E-state index in [-0.39, 0.29) is 29.0 Å². The molecule has 1 fully saturated rings. The summed E-state index contributed by atoms with van der Waals surface area (Å²) < 4.78 is 27.7. The largest absolute Gasteiger partial charge is 0.478 e. The van der Waals surface area contributed by atoms with Gasteiger partial charge in [-0.15, -0.1) is 12.4 Å². The molecule has 4 rings (SSSR count). The zero-order chi connectivity index (χ0) is 16.9. The zero-order valence-electron chi connectivity index (χ0n) is 13.0. The maximum Gasteiger partial charge on any atom is 0.335 e. The van der Waals surface area contributed by atoms with Crippen LogP contribution in [0.3, 0.4) is 0 Å². The van der Waals surface area contributed by atoms with Crippen LogP contribution in [0.4, 0.5) is 5.69 Å². The number of halogens is 1. The van der Waals surface area contributed by atoms with Gasteiger partial charge in [0, 0.05) is 18.3 Å².